The van der Waals surface area contributed by atoms with Crippen molar-refractivity contribution >= 4 is 17.7 Å². The van der Waals surface area contributed by atoms with Crippen LogP contribution in [0.1, 0.15) is 50.6 Å². The average Bonchev–Trinajstić information content (AvgIpc) is 3.20. The molecule has 3 rings (SSSR count). The standard InChI is InChI=1S/C20H27N3O3/c1-3-4-7-16-17(19(24)26-2)18(22-20(25)21-16)14-8-10-15(11-9-14)23-12-5-6-13-23/h8-11,18H,3-7,12-13H2,1-2H3,(H2,21,22,25). The van der Waals surface area contributed by atoms with Crippen LogP contribution in [-0.2, 0) is 9.53 Å². The van der Waals surface area contributed by atoms with Crippen LogP contribution < -0.4 is 15.5 Å². The number of methoxy groups -OCH3 is 1. The van der Waals surface area contributed by atoms with Crippen LogP contribution in [0, 0.1) is 0 Å². The molecule has 0 saturated carbocycles. The molecule has 6 nitrogen and oxygen atoms in total. The molecule has 0 aliphatic carbocycles. The lowest BCUT2D eigenvalue weighted by atomic mass is 9.93. The number of anilines is 1. The predicted molar refractivity (Wildman–Crippen MR) is 101 cm³/mol. The number of carbonyl (C=O) groups is 2. The van der Waals surface area contributed by atoms with Crippen LogP contribution in [-0.4, -0.2) is 32.2 Å². The zero-order valence-electron chi connectivity index (χ0n) is 15.5. The van der Waals surface area contributed by atoms with Gasteiger partial charge in [0, 0.05) is 24.5 Å². The summed E-state index contributed by atoms with van der Waals surface area (Å²) in [7, 11) is 1.37. The van der Waals surface area contributed by atoms with Crippen LogP contribution in [0.15, 0.2) is 35.5 Å². The van der Waals surface area contributed by atoms with E-state index in [0.717, 1.165) is 31.5 Å². The minimum atomic E-state index is -0.490. The highest BCUT2D eigenvalue weighted by Crippen LogP contribution is 2.31. The molecule has 2 heterocycles. The van der Waals surface area contributed by atoms with E-state index in [2.05, 4.69) is 34.6 Å². The number of unbranched alkanes of at least 4 members (excludes halogenated alkanes) is 1. The van der Waals surface area contributed by atoms with Crippen molar-refractivity contribution in [3.8, 4) is 0 Å². The molecule has 0 radical (unpaired) electrons. The zero-order valence-corrected chi connectivity index (χ0v) is 15.5. The van der Waals surface area contributed by atoms with Gasteiger partial charge in [-0.3, -0.25) is 0 Å². The molecule has 6 heteroatoms. The number of allylic oxidation sites excluding steroid dienone is 1. The van der Waals surface area contributed by atoms with Gasteiger partial charge >= 0.3 is 12.0 Å². The van der Waals surface area contributed by atoms with Crippen molar-refractivity contribution in [1.29, 1.82) is 0 Å². The van der Waals surface area contributed by atoms with E-state index in [0.29, 0.717) is 17.7 Å². The Bertz CT molecular complexity index is 691. The number of urea groups is 1. The lowest BCUT2D eigenvalue weighted by Gasteiger charge is -2.29. The molecule has 26 heavy (non-hydrogen) atoms. The van der Waals surface area contributed by atoms with Crippen LogP contribution in [0.25, 0.3) is 0 Å². The minimum absolute atomic E-state index is 0.280. The van der Waals surface area contributed by atoms with Crippen molar-refractivity contribution < 1.29 is 14.3 Å². The van der Waals surface area contributed by atoms with Crippen LogP contribution in [0.5, 0.6) is 0 Å². The maximum atomic E-state index is 12.4. The monoisotopic (exact) mass is 357 g/mol. The molecule has 0 spiro atoms. The second kappa shape index (κ2) is 8.25. The van der Waals surface area contributed by atoms with Crippen molar-refractivity contribution in [3.05, 3.63) is 41.1 Å². The Hall–Kier alpha value is -2.50. The Kier molecular flexibility index (Phi) is 5.81. The molecule has 2 aliphatic rings. The Morgan fingerprint density at radius 3 is 2.54 bits per heavy atom. The Balaban J connectivity index is 1.91. The maximum absolute atomic E-state index is 12.4. The quantitative estimate of drug-likeness (QED) is 0.767. The fourth-order valence-corrected chi connectivity index (χ4v) is 3.62. The fourth-order valence-electron chi connectivity index (χ4n) is 3.62. The second-order valence-electron chi connectivity index (χ2n) is 6.80. The van der Waals surface area contributed by atoms with Crippen molar-refractivity contribution in [3.63, 3.8) is 0 Å². The third-order valence-electron chi connectivity index (χ3n) is 5.04. The molecular formula is C20H27N3O3. The molecule has 1 aromatic carbocycles. The predicted octanol–water partition coefficient (Wildman–Crippen LogP) is 3.26. The molecule has 2 aliphatic heterocycles. The number of carbonyl (C=O) groups excluding carboxylic acids is 2. The van der Waals surface area contributed by atoms with Gasteiger partial charge in [0.15, 0.2) is 0 Å². The highest BCUT2D eigenvalue weighted by atomic mass is 16.5. The summed E-state index contributed by atoms with van der Waals surface area (Å²) in [4.78, 5) is 26.9. The number of hydrogen-bond acceptors (Lipinski definition) is 4. The maximum Gasteiger partial charge on any atom is 0.337 e. The highest BCUT2D eigenvalue weighted by molar-refractivity contribution is 5.95. The summed E-state index contributed by atoms with van der Waals surface area (Å²) in [5, 5.41) is 5.66. The topological polar surface area (TPSA) is 70.7 Å². The molecular weight excluding hydrogens is 330 g/mol. The van der Waals surface area contributed by atoms with Crippen LogP contribution >= 0.6 is 0 Å². The van der Waals surface area contributed by atoms with E-state index < -0.39 is 12.0 Å². The van der Waals surface area contributed by atoms with Crippen molar-refractivity contribution in [2.75, 3.05) is 25.1 Å². The number of benzene rings is 1. The van der Waals surface area contributed by atoms with Gasteiger partial charge in [0.25, 0.3) is 0 Å². The smallest absolute Gasteiger partial charge is 0.337 e. The third-order valence-corrected chi connectivity index (χ3v) is 5.04. The Morgan fingerprint density at radius 2 is 1.92 bits per heavy atom. The molecule has 2 amide bonds. The highest BCUT2D eigenvalue weighted by Gasteiger charge is 2.33. The minimum Gasteiger partial charge on any atom is -0.466 e. The number of ether oxygens (including phenoxy) is 1. The average molecular weight is 357 g/mol. The fraction of sp³-hybridized carbons (Fsp3) is 0.500. The zero-order chi connectivity index (χ0) is 18.5. The van der Waals surface area contributed by atoms with E-state index in [1.807, 2.05) is 12.1 Å². The molecule has 0 aromatic heterocycles. The Morgan fingerprint density at radius 1 is 1.23 bits per heavy atom. The summed E-state index contributed by atoms with van der Waals surface area (Å²) in [6.45, 7) is 4.24. The van der Waals surface area contributed by atoms with Gasteiger partial charge in [-0.1, -0.05) is 25.5 Å². The number of esters is 1. The van der Waals surface area contributed by atoms with Gasteiger partial charge < -0.3 is 20.3 Å². The first-order valence-corrected chi connectivity index (χ1v) is 9.37. The lowest BCUT2D eigenvalue weighted by molar-refractivity contribution is -0.136. The Labute approximate surface area is 154 Å². The van der Waals surface area contributed by atoms with E-state index in [-0.39, 0.29) is 6.03 Å². The van der Waals surface area contributed by atoms with Crippen molar-refractivity contribution in [2.24, 2.45) is 0 Å². The molecule has 1 aromatic rings. The summed E-state index contributed by atoms with van der Waals surface area (Å²) in [6, 6.07) is 7.34. The summed E-state index contributed by atoms with van der Waals surface area (Å²) in [6.07, 6.45) is 4.98. The summed E-state index contributed by atoms with van der Waals surface area (Å²) in [5.74, 6) is -0.405. The number of nitrogens with one attached hydrogen (secondary N) is 2. The van der Waals surface area contributed by atoms with Crippen molar-refractivity contribution in [1.82, 2.24) is 10.6 Å². The molecule has 0 bridgehead atoms. The normalized spacial score (nSPS) is 20.0. The van der Waals surface area contributed by atoms with E-state index in [9.17, 15) is 9.59 Å². The summed E-state index contributed by atoms with van der Waals surface area (Å²) < 4.78 is 5.00. The first-order valence-electron chi connectivity index (χ1n) is 9.37. The van der Waals surface area contributed by atoms with Crippen LogP contribution in [0.2, 0.25) is 0 Å². The molecule has 1 atom stereocenters. The van der Waals surface area contributed by atoms with Gasteiger partial charge in [0.05, 0.1) is 18.7 Å². The van der Waals surface area contributed by atoms with Gasteiger partial charge in [0.2, 0.25) is 0 Å². The van der Waals surface area contributed by atoms with Gasteiger partial charge in [-0.15, -0.1) is 0 Å². The largest absolute Gasteiger partial charge is 0.466 e. The molecule has 140 valence electrons. The van der Waals surface area contributed by atoms with Gasteiger partial charge in [0.1, 0.15) is 0 Å². The first-order chi connectivity index (χ1) is 12.6. The second-order valence-corrected chi connectivity index (χ2v) is 6.80. The molecule has 2 N–H and O–H groups in total. The van der Waals surface area contributed by atoms with Crippen LogP contribution in [0.3, 0.4) is 0 Å². The van der Waals surface area contributed by atoms with Crippen molar-refractivity contribution in [2.45, 2.75) is 45.1 Å². The lowest BCUT2D eigenvalue weighted by Crippen LogP contribution is -2.45. The molecule has 1 saturated heterocycles. The first kappa shape index (κ1) is 18.3. The van der Waals surface area contributed by atoms with E-state index in [1.54, 1.807) is 0 Å². The number of hydrogen-bond donors (Lipinski definition) is 2. The number of amides is 2. The molecule has 1 unspecified atom stereocenters. The third kappa shape index (κ3) is 3.84. The van der Waals surface area contributed by atoms with Crippen LogP contribution in [0.4, 0.5) is 10.5 Å². The number of nitrogens with zero attached hydrogens (tertiary/aromatic N) is 1. The van der Waals surface area contributed by atoms with Gasteiger partial charge in [-0.05, 0) is 43.4 Å². The van der Waals surface area contributed by atoms with E-state index >= 15 is 0 Å². The summed E-state index contributed by atoms with van der Waals surface area (Å²) >= 11 is 0. The molecule has 1 fully saturated rings. The number of rotatable bonds is 6. The van der Waals surface area contributed by atoms with Gasteiger partial charge in [-0.2, -0.15) is 0 Å². The van der Waals surface area contributed by atoms with E-state index in [4.69, 9.17) is 4.74 Å². The SMILES string of the molecule is CCCCC1=C(C(=O)OC)C(c2ccc(N3CCCC3)cc2)NC(=O)N1. The van der Waals surface area contributed by atoms with E-state index in [1.165, 1.54) is 25.6 Å². The summed E-state index contributed by atoms with van der Waals surface area (Å²) in [5.41, 5.74) is 3.23. The van der Waals surface area contributed by atoms with Gasteiger partial charge in [-0.25, -0.2) is 9.59 Å².